The zero-order chi connectivity index (χ0) is 10.8. The number of hydrogen-bond acceptors (Lipinski definition) is 3. The number of nitrogens with two attached hydrogens (primary N) is 1. The first-order chi connectivity index (χ1) is 7.18. The van der Waals surface area contributed by atoms with E-state index in [9.17, 15) is 5.11 Å². The van der Waals surface area contributed by atoms with Gasteiger partial charge in [-0.3, -0.25) is 0 Å². The molecule has 0 spiro atoms. The minimum atomic E-state index is -0.324. The lowest BCUT2D eigenvalue weighted by molar-refractivity contribution is 0.465. The van der Waals surface area contributed by atoms with Crippen LogP contribution >= 0.6 is 35.3 Å². The summed E-state index contributed by atoms with van der Waals surface area (Å²) in [6.45, 7) is 0. The summed E-state index contributed by atoms with van der Waals surface area (Å²) in [5.74, 6) is 0.179. The summed E-state index contributed by atoms with van der Waals surface area (Å²) in [6, 6.07) is 6.51. The van der Waals surface area contributed by atoms with Crippen molar-refractivity contribution in [2.45, 2.75) is 6.04 Å². The SMILES string of the molecule is Cl.N[C@H](c1ccsc1)c1cc(Cl)ccc1O. The van der Waals surface area contributed by atoms with E-state index in [2.05, 4.69) is 0 Å². The summed E-state index contributed by atoms with van der Waals surface area (Å²) in [7, 11) is 0. The largest absolute Gasteiger partial charge is 0.508 e. The van der Waals surface area contributed by atoms with E-state index in [0.717, 1.165) is 5.56 Å². The van der Waals surface area contributed by atoms with E-state index in [0.29, 0.717) is 10.6 Å². The van der Waals surface area contributed by atoms with Gasteiger partial charge in [-0.05, 0) is 40.6 Å². The molecule has 16 heavy (non-hydrogen) atoms. The maximum atomic E-state index is 9.67. The molecule has 2 aromatic rings. The van der Waals surface area contributed by atoms with E-state index in [1.807, 2.05) is 16.8 Å². The number of phenolic OH excluding ortho intramolecular Hbond substituents is 1. The van der Waals surface area contributed by atoms with Crippen LogP contribution in [0.25, 0.3) is 0 Å². The Morgan fingerprint density at radius 3 is 2.69 bits per heavy atom. The van der Waals surface area contributed by atoms with Crippen LogP contribution in [0.5, 0.6) is 5.75 Å². The molecule has 2 nitrogen and oxygen atoms in total. The molecule has 0 bridgehead atoms. The number of rotatable bonds is 2. The van der Waals surface area contributed by atoms with Gasteiger partial charge < -0.3 is 10.8 Å². The zero-order valence-electron chi connectivity index (χ0n) is 8.26. The van der Waals surface area contributed by atoms with E-state index < -0.39 is 0 Å². The van der Waals surface area contributed by atoms with Crippen LogP contribution in [0.15, 0.2) is 35.0 Å². The van der Waals surface area contributed by atoms with E-state index in [1.54, 1.807) is 29.5 Å². The van der Waals surface area contributed by atoms with Crippen molar-refractivity contribution in [2.75, 3.05) is 0 Å². The lowest BCUT2D eigenvalue weighted by Crippen LogP contribution is -2.10. The molecular weight excluding hydrogens is 265 g/mol. The molecule has 1 heterocycles. The summed E-state index contributed by atoms with van der Waals surface area (Å²) in [5.41, 5.74) is 7.66. The summed E-state index contributed by atoms with van der Waals surface area (Å²) >= 11 is 7.44. The third-order valence-corrected chi connectivity index (χ3v) is 3.16. The fraction of sp³-hybridized carbons (Fsp3) is 0.0909. The Bertz CT molecular complexity index is 459. The summed E-state index contributed by atoms with van der Waals surface area (Å²) in [6.07, 6.45) is 0. The van der Waals surface area contributed by atoms with E-state index in [1.165, 1.54) is 0 Å². The molecule has 0 radical (unpaired) electrons. The van der Waals surface area contributed by atoms with Gasteiger partial charge in [0.1, 0.15) is 5.75 Å². The predicted molar refractivity (Wildman–Crippen MR) is 70.7 cm³/mol. The van der Waals surface area contributed by atoms with Crippen molar-refractivity contribution < 1.29 is 5.11 Å². The highest BCUT2D eigenvalue weighted by Gasteiger charge is 2.13. The molecule has 1 aromatic carbocycles. The highest BCUT2D eigenvalue weighted by Crippen LogP contribution is 2.30. The molecule has 0 saturated carbocycles. The number of aromatic hydroxyl groups is 1. The molecule has 1 aromatic heterocycles. The second-order valence-electron chi connectivity index (χ2n) is 3.24. The van der Waals surface area contributed by atoms with Gasteiger partial charge >= 0.3 is 0 Å². The molecule has 0 amide bonds. The molecule has 0 aliphatic rings. The van der Waals surface area contributed by atoms with Crippen LogP contribution in [0.1, 0.15) is 17.2 Å². The molecule has 2 rings (SSSR count). The Hall–Kier alpha value is -0.740. The third kappa shape index (κ3) is 2.68. The Labute approximate surface area is 109 Å². The minimum absolute atomic E-state index is 0. The maximum absolute atomic E-state index is 9.67. The fourth-order valence-electron chi connectivity index (χ4n) is 1.41. The smallest absolute Gasteiger partial charge is 0.120 e. The summed E-state index contributed by atoms with van der Waals surface area (Å²) < 4.78 is 0. The van der Waals surface area contributed by atoms with Crippen LogP contribution in [-0.2, 0) is 0 Å². The molecule has 5 heteroatoms. The van der Waals surface area contributed by atoms with Crippen LogP contribution in [0.2, 0.25) is 5.02 Å². The Morgan fingerprint density at radius 1 is 1.31 bits per heavy atom. The lowest BCUT2D eigenvalue weighted by atomic mass is 10.0. The van der Waals surface area contributed by atoms with Gasteiger partial charge in [0.15, 0.2) is 0 Å². The van der Waals surface area contributed by atoms with Gasteiger partial charge in [0, 0.05) is 10.6 Å². The monoisotopic (exact) mass is 275 g/mol. The number of halogens is 2. The van der Waals surface area contributed by atoms with Crippen molar-refractivity contribution in [1.29, 1.82) is 0 Å². The second-order valence-corrected chi connectivity index (χ2v) is 4.45. The molecule has 0 saturated heterocycles. The minimum Gasteiger partial charge on any atom is -0.508 e. The van der Waals surface area contributed by atoms with Gasteiger partial charge in [0.2, 0.25) is 0 Å². The van der Waals surface area contributed by atoms with E-state index >= 15 is 0 Å². The third-order valence-electron chi connectivity index (χ3n) is 2.23. The van der Waals surface area contributed by atoms with Crippen molar-refractivity contribution >= 4 is 35.3 Å². The van der Waals surface area contributed by atoms with Crippen LogP contribution < -0.4 is 5.73 Å². The predicted octanol–water partition coefficient (Wildman–Crippen LogP) is 3.58. The van der Waals surface area contributed by atoms with E-state index in [-0.39, 0.29) is 24.2 Å². The topological polar surface area (TPSA) is 46.2 Å². The average molecular weight is 276 g/mol. The first-order valence-electron chi connectivity index (χ1n) is 4.44. The molecule has 0 aliphatic carbocycles. The number of thiophene rings is 1. The first kappa shape index (κ1) is 13.3. The highest BCUT2D eigenvalue weighted by atomic mass is 35.5. The molecule has 3 N–H and O–H groups in total. The number of benzene rings is 1. The first-order valence-corrected chi connectivity index (χ1v) is 5.76. The average Bonchev–Trinajstić information content (AvgIpc) is 2.74. The zero-order valence-corrected chi connectivity index (χ0v) is 10.6. The van der Waals surface area contributed by atoms with Gasteiger partial charge in [-0.1, -0.05) is 11.6 Å². The van der Waals surface area contributed by atoms with Crippen molar-refractivity contribution in [3.8, 4) is 5.75 Å². The van der Waals surface area contributed by atoms with Gasteiger partial charge in [0.25, 0.3) is 0 Å². The van der Waals surface area contributed by atoms with Crippen LogP contribution in [0.3, 0.4) is 0 Å². The van der Waals surface area contributed by atoms with Crippen molar-refractivity contribution in [1.82, 2.24) is 0 Å². The lowest BCUT2D eigenvalue weighted by Gasteiger charge is -2.12. The van der Waals surface area contributed by atoms with Crippen LogP contribution in [0, 0.1) is 0 Å². The summed E-state index contributed by atoms with van der Waals surface area (Å²) in [4.78, 5) is 0. The van der Waals surface area contributed by atoms with Gasteiger partial charge in [0.05, 0.1) is 6.04 Å². The van der Waals surface area contributed by atoms with E-state index in [4.69, 9.17) is 17.3 Å². The molecule has 86 valence electrons. The standard InChI is InChI=1S/C11H10ClNOS.ClH/c12-8-1-2-10(14)9(5-8)11(13)7-3-4-15-6-7;/h1-6,11,14H,13H2;1H/t11-;/m1./s1. The van der Waals surface area contributed by atoms with Crippen LogP contribution in [0.4, 0.5) is 0 Å². The number of hydrogen-bond donors (Lipinski definition) is 2. The van der Waals surface area contributed by atoms with Gasteiger partial charge in [-0.15, -0.1) is 12.4 Å². The van der Waals surface area contributed by atoms with Gasteiger partial charge in [-0.2, -0.15) is 11.3 Å². The molecule has 0 aliphatic heterocycles. The Kier molecular flexibility index (Phi) is 4.62. The van der Waals surface area contributed by atoms with Crippen molar-refractivity contribution in [2.24, 2.45) is 5.73 Å². The quantitative estimate of drug-likeness (QED) is 0.880. The molecule has 0 unspecified atom stereocenters. The van der Waals surface area contributed by atoms with Crippen LogP contribution in [-0.4, -0.2) is 5.11 Å². The fourth-order valence-corrected chi connectivity index (χ4v) is 2.28. The Balaban J connectivity index is 0.00000128. The highest BCUT2D eigenvalue weighted by molar-refractivity contribution is 7.08. The van der Waals surface area contributed by atoms with Crippen molar-refractivity contribution in [3.63, 3.8) is 0 Å². The van der Waals surface area contributed by atoms with Gasteiger partial charge in [-0.25, -0.2) is 0 Å². The maximum Gasteiger partial charge on any atom is 0.120 e. The molecule has 0 fully saturated rings. The normalized spacial score (nSPS) is 11.9. The Morgan fingerprint density at radius 2 is 2.06 bits per heavy atom. The number of phenols is 1. The molecule has 1 atom stereocenters. The second kappa shape index (κ2) is 5.55. The van der Waals surface area contributed by atoms with Crippen molar-refractivity contribution in [3.05, 3.63) is 51.2 Å². The molecular formula is C11H11Cl2NOS. The summed E-state index contributed by atoms with van der Waals surface area (Å²) in [5, 5.41) is 14.2.